The first-order valence-corrected chi connectivity index (χ1v) is 5.70. The van der Waals surface area contributed by atoms with Crippen LogP contribution in [0.3, 0.4) is 0 Å². The molecule has 2 atom stereocenters. The second kappa shape index (κ2) is 4.77. The molecule has 8 heteroatoms. The minimum absolute atomic E-state index is 0.0257. The van der Waals surface area contributed by atoms with Crippen molar-refractivity contribution in [2.45, 2.75) is 24.5 Å². The van der Waals surface area contributed by atoms with Gasteiger partial charge in [-0.25, -0.2) is 8.78 Å². The molecule has 102 valence electrons. The van der Waals surface area contributed by atoms with Crippen LogP contribution in [0.5, 0.6) is 0 Å². The number of alkyl halides is 2. The number of amides is 2. The zero-order valence-electron chi connectivity index (χ0n) is 9.70. The molecule has 2 rings (SSSR count). The van der Waals surface area contributed by atoms with Crippen molar-refractivity contribution in [2.75, 3.05) is 26.2 Å². The van der Waals surface area contributed by atoms with E-state index in [4.69, 9.17) is 10.5 Å². The molecule has 0 aliphatic carbocycles. The molecule has 6 nitrogen and oxygen atoms in total. The summed E-state index contributed by atoms with van der Waals surface area (Å²) in [7, 11) is 0. The predicted octanol–water partition coefficient (Wildman–Crippen LogP) is -1.30. The molecule has 0 aromatic heterocycles. The van der Waals surface area contributed by atoms with Gasteiger partial charge in [0.1, 0.15) is 0 Å². The van der Waals surface area contributed by atoms with Gasteiger partial charge in [-0.05, 0) is 0 Å². The van der Waals surface area contributed by atoms with Gasteiger partial charge < -0.3 is 15.4 Å². The molecule has 2 fully saturated rings. The fourth-order valence-electron chi connectivity index (χ4n) is 2.13. The first kappa shape index (κ1) is 13.2. The van der Waals surface area contributed by atoms with Crippen molar-refractivity contribution < 1.29 is 23.1 Å². The highest BCUT2D eigenvalue weighted by Crippen LogP contribution is 2.26. The highest BCUT2D eigenvalue weighted by Gasteiger charge is 2.44. The van der Waals surface area contributed by atoms with Crippen LogP contribution in [0.1, 0.15) is 6.42 Å². The number of nitrogens with zero attached hydrogens (tertiary/aromatic N) is 1. The first-order chi connectivity index (χ1) is 8.39. The number of carbonyl (C=O) groups is 2. The molecule has 0 spiro atoms. The Morgan fingerprint density at radius 3 is 2.72 bits per heavy atom. The van der Waals surface area contributed by atoms with Gasteiger partial charge in [-0.1, -0.05) is 0 Å². The molecule has 0 bridgehead atoms. The summed E-state index contributed by atoms with van der Waals surface area (Å²) in [4.78, 5) is 24.3. The van der Waals surface area contributed by atoms with E-state index in [0.717, 1.165) is 0 Å². The van der Waals surface area contributed by atoms with Gasteiger partial charge in [0.05, 0.1) is 25.7 Å². The van der Waals surface area contributed by atoms with Gasteiger partial charge >= 0.3 is 0 Å². The summed E-state index contributed by atoms with van der Waals surface area (Å²) in [5, 5.41) is 2.49. The largest absolute Gasteiger partial charge is 0.367 e. The third kappa shape index (κ3) is 2.75. The van der Waals surface area contributed by atoms with Crippen molar-refractivity contribution in [3.63, 3.8) is 0 Å². The molecule has 18 heavy (non-hydrogen) atoms. The van der Waals surface area contributed by atoms with E-state index in [1.165, 1.54) is 4.90 Å². The molecule has 2 heterocycles. The SMILES string of the molecule is NC(=O)C1CN(C(=O)C2CC(F)(F)CN2)CCO1. The van der Waals surface area contributed by atoms with Crippen LogP contribution < -0.4 is 11.1 Å². The molecule has 2 unspecified atom stereocenters. The number of hydrogen-bond acceptors (Lipinski definition) is 4. The number of primary amides is 1. The van der Waals surface area contributed by atoms with Crippen molar-refractivity contribution in [3.8, 4) is 0 Å². The number of hydrogen-bond donors (Lipinski definition) is 2. The Morgan fingerprint density at radius 1 is 1.44 bits per heavy atom. The summed E-state index contributed by atoms with van der Waals surface area (Å²) in [5.74, 6) is -3.94. The van der Waals surface area contributed by atoms with Gasteiger partial charge in [0, 0.05) is 13.0 Å². The average molecular weight is 263 g/mol. The van der Waals surface area contributed by atoms with Gasteiger partial charge in [-0.15, -0.1) is 0 Å². The zero-order valence-corrected chi connectivity index (χ0v) is 9.70. The van der Waals surface area contributed by atoms with Crippen molar-refractivity contribution in [1.29, 1.82) is 0 Å². The molecular formula is C10H15F2N3O3. The van der Waals surface area contributed by atoms with Crippen LogP contribution in [0.25, 0.3) is 0 Å². The Bertz CT molecular complexity index is 364. The van der Waals surface area contributed by atoms with E-state index in [1.54, 1.807) is 0 Å². The summed E-state index contributed by atoms with van der Waals surface area (Å²) in [6.45, 7) is -0.000261. The van der Waals surface area contributed by atoms with E-state index >= 15 is 0 Å². The maximum absolute atomic E-state index is 13.0. The standard InChI is InChI=1S/C10H15F2N3O3/c11-10(12)3-6(14-5-10)9(17)15-1-2-18-7(4-15)8(13)16/h6-7,14H,1-5H2,(H2,13,16). The molecule has 0 saturated carbocycles. The second-order valence-corrected chi connectivity index (χ2v) is 4.54. The second-order valence-electron chi connectivity index (χ2n) is 4.54. The van der Waals surface area contributed by atoms with E-state index < -0.39 is 42.8 Å². The summed E-state index contributed by atoms with van der Waals surface area (Å²) >= 11 is 0. The predicted molar refractivity (Wildman–Crippen MR) is 56.9 cm³/mol. The van der Waals surface area contributed by atoms with Crippen LogP contribution >= 0.6 is 0 Å². The number of carbonyl (C=O) groups excluding carboxylic acids is 2. The normalized spacial score (nSPS) is 31.3. The van der Waals surface area contributed by atoms with Gasteiger partial charge in [0.15, 0.2) is 6.10 Å². The Kier molecular flexibility index (Phi) is 3.49. The van der Waals surface area contributed by atoms with E-state index in [0.29, 0.717) is 0 Å². The lowest BCUT2D eigenvalue weighted by molar-refractivity contribution is -0.147. The average Bonchev–Trinajstić information content (AvgIpc) is 2.69. The number of ether oxygens (including phenoxy) is 1. The van der Waals surface area contributed by atoms with E-state index in [9.17, 15) is 18.4 Å². The number of halogens is 2. The number of nitrogens with one attached hydrogen (secondary N) is 1. The first-order valence-electron chi connectivity index (χ1n) is 5.70. The highest BCUT2D eigenvalue weighted by atomic mass is 19.3. The van der Waals surface area contributed by atoms with E-state index in [-0.39, 0.29) is 19.7 Å². The van der Waals surface area contributed by atoms with E-state index in [2.05, 4.69) is 5.32 Å². The number of rotatable bonds is 2. The quantitative estimate of drug-likeness (QED) is 0.648. The molecular weight excluding hydrogens is 248 g/mol. The van der Waals surface area contributed by atoms with Crippen LogP contribution in [0, 0.1) is 0 Å². The van der Waals surface area contributed by atoms with E-state index in [1.807, 2.05) is 0 Å². The molecule has 2 amide bonds. The zero-order chi connectivity index (χ0) is 13.3. The Hall–Kier alpha value is -1.28. The fraction of sp³-hybridized carbons (Fsp3) is 0.800. The molecule has 0 aromatic carbocycles. The van der Waals surface area contributed by atoms with Crippen LogP contribution in [0.15, 0.2) is 0 Å². The lowest BCUT2D eigenvalue weighted by Crippen LogP contribution is -2.54. The highest BCUT2D eigenvalue weighted by molar-refractivity contribution is 5.84. The van der Waals surface area contributed by atoms with Crippen molar-refractivity contribution in [3.05, 3.63) is 0 Å². The monoisotopic (exact) mass is 263 g/mol. The van der Waals surface area contributed by atoms with Crippen molar-refractivity contribution in [1.82, 2.24) is 10.2 Å². The van der Waals surface area contributed by atoms with Gasteiger partial charge in [-0.2, -0.15) is 0 Å². The van der Waals surface area contributed by atoms with Crippen LogP contribution in [-0.2, 0) is 14.3 Å². The summed E-state index contributed by atoms with van der Waals surface area (Å²) < 4.78 is 31.1. The smallest absolute Gasteiger partial charge is 0.262 e. The van der Waals surface area contributed by atoms with Gasteiger partial charge in [-0.3, -0.25) is 14.9 Å². The molecule has 2 saturated heterocycles. The topological polar surface area (TPSA) is 84.7 Å². The lowest BCUT2D eigenvalue weighted by Gasteiger charge is -2.32. The molecule has 0 radical (unpaired) electrons. The van der Waals surface area contributed by atoms with Crippen LogP contribution in [0.4, 0.5) is 8.78 Å². The minimum atomic E-state index is -2.85. The Labute approximate surface area is 102 Å². The van der Waals surface area contributed by atoms with Crippen LogP contribution in [-0.4, -0.2) is 61.0 Å². The number of morpholine rings is 1. The molecule has 0 aromatic rings. The summed E-state index contributed by atoms with van der Waals surface area (Å²) in [6, 6.07) is -0.897. The molecule has 3 N–H and O–H groups in total. The molecule has 2 aliphatic rings. The third-order valence-electron chi connectivity index (χ3n) is 3.10. The Balaban J connectivity index is 1.95. The van der Waals surface area contributed by atoms with Crippen molar-refractivity contribution in [2.24, 2.45) is 5.73 Å². The van der Waals surface area contributed by atoms with Gasteiger partial charge in [0.25, 0.3) is 5.92 Å². The maximum Gasteiger partial charge on any atom is 0.262 e. The van der Waals surface area contributed by atoms with Gasteiger partial charge in [0.2, 0.25) is 11.8 Å². The summed E-state index contributed by atoms with van der Waals surface area (Å²) in [6.07, 6.45) is -1.37. The number of nitrogens with two attached hydrogens (primary N) is 1. The van der Waals surface area contributed by atoms with Crippen molar-refractivity contribution >= 4 is 11.8 Å². The fourth-order valence-corrected chi connectivity index (χ4v) is 2.13. The molecule has 2 aliphatic heterocycles. The lowest BCUT2D eigenvalue weighted by atomic mass is 10.1. The summed E-state index contributed by atoms with van der Waals surface area (Å²) in [5.41, 5.74) is 5.09. The maximum atomic E-state index is 13.0. The minimum Gasteiger partial charge on any atom is -0.367 e. The van der Waals surface area contributed by atoms with Crippen LogP contribution in [0.2, 0.25) is 0 Å². The third-order valence-corrected chi connectivity index (χ3v) is 3.10. The Morgan fingerprint density at radius 2 is 2.17 bits per heavy atom.